The van der Waals surface area contributed by atoms with Crippen molar-refractivity contribution in [1.29, 1.82) is 0 Å². The molecule has 1 unspecified atom stereocenters. The van der Waals surface area contributed by atoms with E-state index in [-0.39, 0.29) is 11.5 Å². The van der Waals surface area contributed by atoms with Crippen LogP contribution in [0.2, 0.25) is 0 Å². The Kier molecular flexibility index (Phi) is 5.31. The van der Waals surface area contributed by atoms with E-state index in [1.54, 1.807) is 11.6 Å². The summed E-state index contributed by atoms with van der Waals surface area (Å²) in [5.41, 5.74) is 1.58. The topological polar surface area (TPSA) is 55.2 Å². The maximum atomic E-state index is 13.3. The highest BCUT2D eigenvalue weighted by atomic mass is 32.2. The average Bonchev–Trinajstić information content (AvgIpc) is 3.19. The smallest absolute Gasteiger partial charge is 0.271 e. The number of thioether (sulfide) groups is 1. The zero-order chi connectivity index (χ0) is 18.8. The minimum atomic E-state index is -0.404. The third-order valence-electron chi connectivity index (χ3n) is 4.86. The van der Waals surface area contributed by atoms with Gasteiger partial charge in [0, 0.05) is 20.1 Å². The summed E-state index contributed by atoms with van der Waals surface area (Å²) in [4.78, 5) is 32.5. The summed E-state index contributed by atoms with van der Waals surface area (Å²) in [5, 5.41) is 2.05. The highest BCUT2D eigenvalue weighted by Gasteiger charge is 2.29. The molecule has 7 heteroatoms. The molecule has 0 spiro atoms. The number of thiophene rings is 1. The molecule has 1 atom stereocenters. The molecule has 1 saturated heterocycles. The zero-order valence-corrected chi connectivity index (χ0v) is 16.8. The van der Waals surface area contributed by atoms with Gasteiger partial charge in [-0.15, -0.1) is 11.3 Å². The molecule has 0 aliphatic carbocycles. The van der Waals surface area contributed by atoms with E-state index in [9.17, 15) is 9.59 Å². The van der Waals surface area contributed by atoms with Crippen LogP contribution in [-0.4, -0.2) is 33.4 Å². The van der Waals surface area contributed by atoms with Gasteiger partial charge < -0.3 is 4.90 Å². The van der Waals surface area contributed by atoms with Crippen LogP contribution in [0, 0.1) is 0 Å². The third kappa shape index (κ3) is 3.66. The second-order valence-electron chi connectivity index (χ2n) is 6.69. The maximum Gasteiger partial charge on any atom is 0.271 e. The van der Waals surface area contributed by atoms with E-state index in [0.717, 1.165) is 31.5 Å². The van der Waals surface area contributed by atoms with Crippen LogP contribution in [0.3, 0.4) is 0 Å². The van der Waals surface area contributed by atoms with Gasteiger partial charge in [0.1, 0.15) is 9.95 Å². The summed E-state index contributed by atoms with van der Waals surface area (Å²) in [6.45, 7) is 1.61. The van der Waals surface area contributed by atoms with Crippen molar-refractivity contribution in [3.63, 3.8) is 0 Å². The first-order chi connectivity index (χ1) is 13.1. The number of piperidine rings is 1. The first kappa shape index (κ1) is 18.3. The molecule has 2 aromatic heterocycles. The Bertz CT molecular complexity index is 1010. The van der Waals surface area contributed by atoms with Crippen molar-refractivity contribution in [3.05, 3.63) is 57.7 Å². The molecule has 5 nitrogen and oxygen atoms in total. The van der Waals surface area contributed by atoms with Crippen molar-refractivity contribution in [2.24, 2.45) is 7.05 Å². The van der Waals surface area contributed by atoms with Gasteiger partial charge in [0.25, 0.3) is 5.56 Å². The number of hydrogen-bond acceptors (Lipinski definition) is 5. The Morgan fingerprint density at radius 3 is 2.63 bits per heavy atom. The van der Waals surface area contributed by atoms with Crippen LogP contribution < -0.4 is 5.56 Å². The molecule has 0 saturated carbocycles. The maximum absolute atomic E-state index is 13.3. The molecular formula is C20H21N3O2S2. The van der Waals surface area contributed by atoms with Crippen molar-refractivity contribution < 1.29 is 4.79 Å². The van der Waals surface area contributed by atoms with Gasteiger partial charge in [-0.05, 0) is 36.3 Å². The van der Waals surface area contributed by atoms with Crippen molar-refractivity contribution in [3.8, 4) is 0 Å². The lowest BCUT2D eigenvalue weighted by molar-refractivity contribution is -0.131. The van der Waals surface area contributed by atoms with Gasteiger partial charge in [0.2, 0.25) is 5.91 Å². The molecule has 1 aliphatic heterocycles. The van der Waals surface area contributed by atoms with E-state index in [1.165, 1.54) is 29.5 Å². The number of rotatable bonds is 4. The fourth-order valence-corrected chi connectivity index (χ4v) is 5.30. The van der Waals surface area contributed by atoms with Gasteiger partial charge in [0.05, 0.1) is 5.52 Å². The number of nitrogens with zero attached hydrogens (tertiary/aromatic N) is 3. The number of amides is 1. The molecule has 0 bridgehead atoms. The number of likely N-dealkylation sites (tertiary alicyclic amines) is 1. The molecule has 27 heavy (non-hydrogen) atoms. The fraction of sp³-hybridized carbons (Fsp3) is 0.350. The lowest BCUT2D eigenvalue weighted by Crippen LogP contribution is -2.38. The highest BCUT2D eigenvalue weighted by molar-refractivity contribution is 8.00. The normalized spacial score (nSPS) is 15.8. The van der Waals surface area contributed by atoms with Crippen LogP contribution in [-0.2, 0) is 11.8 Å². The summed E-state index contributed by atoms with van der Waals surface area (Å²) >= 11 is 2.77. The third-order valence-corrected chi connectivity index (χ3v) is 7.04. The van der Waals surface area contributed by atoms with Gasteiger partial charge in [-0.2, -0.15) is 0 Å². The summed E-state index contributed by atoms with van der Waals surface area (Å²) in [5.74, 6) is 0.102. The molecule has 1 aliphatic rings. The lowest BCUT2D eigenvalue weighted by Gasteiger charge is -2.30. The predicted octanol–water partition coefficient (Wildman–Crippen LogP) is 3.84. The number of hydrogen-bond donors (Lipinski definition) is 0. The van der Waals surface area contributed by atoms with Crippen LogP contribution in [0.5, 0.6) is 0 Å². The van der Waals surface area contributed by atoms with Gasteiger partial charge in [-0.25, -0.2) is 4.98 Å². The number of fused-ring (bicyclic) bond motifs is 1. The van der Waals surface area contributed by atoms with Crippen molar-refractivity contribution in [2.45, 2.75) is 29.7 Å². The number of benzene rings is 1. The van der Waals surface area contributed by atoms with Crippen LogP contribution >= 0.6 is 23.1 Å². The molecular weight excluding hydrogens is 378 g/mol. The first-order valence-electron chi connectivity index (χ1n) is 9.10. The lowest BCUT2D eigenvalue weighted by atomic mass is 10.1. The minimum Gasteiger partial charge on any atom is -0.341 e. The largest absolute Gasteiger partial charge is 0.341 e. The van der Waals surface area contributed by atoms with E-state index in [2.05, 4.69) is 4.98 Å². The SMILES string of the molecule is Cn1c(SC(C(=O)N2CCCCC2)c2ccccc2)nc2ccsc2c1=O. The molecule has 0 radical (unpaired) electrons. The zero-order valence-electron chi connectivity index (χ0n) is 15.1. The number of carbonyl (C=O) groups excluding carboxylic acids is 1. The molecule has 1 fully saturated rings. The highest BCUT2D eigenvalue weighted by Crippen LogP contribution is 2.36. The molecule has 1 amide bonds. The summed E-state index contributed by atoms with van der Waals surface area (Å²) in [7, 11) is 1.73. The minimum absolute atomic E-state index is 0.0604. The molecule has 4 rings (SSSR count). The Balaban J connectivity index is 1.72. The van der Waals surface area contributed by atoms with Crippen LogP contribution in [0.1, 0.15) is 30.1 Å². The number of aromatic nitrogens is 2. The van der Waals surface area contributed by atoms with E-state index < -0.39 is 5.25 Å². The Morgan fingerprint density at radius 1 is 1.15 bits per heavy atom. The standard InChI is InChI=1S/C20H21N3O2S2/c1-22-18(24)17-15(10-13-26-17)21-20(22)27-16(14-8-4-2-5-9-14)19(25)23-11-6-3-7-12-23/h2,4-5,8-10,13,16H,3,6-7,11-12H2,1H3. The quantitative estimate of drug-likeness (QED) is 0.494. The Hall–Kier alpha value is -2.12. The summed E-state index contributed by atoms with van der Waals surface area (Å²) in [6, 6.07) is 11.6. The summed E-state index contributed by atoms with van der Waals surface area (Å²) < 4.78 is 2.21. The second kappa shape index (κ2) is 7.86. The molecule has 3 aromatic rings. The van der Waals surface area contributed by atoms with Crippen LogP contribution in [0.25, 0.3) is 10.2 Å². The second-order valence-corrected chi connectivity index (χ2v) is 8.68. The average molecular weight is 400 g/mol. The predicted molar refractivity (Wildman–Crippen MR) is 110 cm³/mol. The Labute approximate surface area is 166 Å². The van der Waals surface area contributed by atoms with E-state index in [1.807, 2.05) is 46.7 Å². The molecule has 3 heterocycles. The molecule has 0 N–H and O–H groups in total. The van der Waals surface area contributed by atoms with Gasteiger partial charge >= 0.3 is 0 Å². The fourth-order valence-electron chi connectivity index (χ4n) is 3.35. The Morgan fingerprint density at radius 2 is 1.89 bits per heavy atom. The molecule has 140 valence electrons. The van der Waals surface area contributed by atoms with Crippen molar-refractivity contribution in [2.75, 3.05) is 13.1 Å². The number of carbonyl (C=O) groups is 1. The van der Waals surface area contributed by atoms with E-state index in [4.69, 9.17) is 0 Å². The monoisotopic (exact) mass is 399 g/mol. The molecule has 1 aromatic carbocycles. The summed E-state index contributed by atoms with van der Waals surface area (Å²) in [6.07, 6.45) is 3.28. The van der Waals surface area contributed by atoms with Gasteiger partial charge in [0.15, 0.2) is 5.16 Å². The van der Waals surface area contributed by atoms with Crippen molar-refractivity contribution >= 4 is 39.2 Å². The van der Waals surface area contributed by atoms with Crippen LogP contribution in [0.4, 0.5) is 0 Å². The van der Waals surface area contributed by atoms with E-state index >= 15 is 0 Å². The first-order valence-corrected chi connectivity index (χ1v) is 10.9. The van der Waals surface area contributed by atoms with Crippen LogP contribution in [0.15, 0.2) is 51.7 Å². The van der Waals surface area contributed by atoms with Gasteiger partial charge in [-0.1, -0.05) is 42.1 Å². The van der Waals surface area contributed by atoms with E-state index in [0.29, 0.717) is 15.4 Å². The van der Waals surface area contributed by atoms with Gasteiger partial charge in [-0.3, -0.25) is 14.2 Å². The van der Waals surface area contributed by atoms with Crippen molar-refractivity contribution in [1.82, 2.24) is 14.5 Å².